The third-order valence-corrected chi connectivity index (χ3v) is 4.34. The highest BCUT2D eigenvalue weighted by molar-refractivity contribution is 6.07. The summed E-state index contributed by atoms with van der Waals surface area (Å²) >= 11 is 0. The lowest BCUT2D eigenvalue weighted by molar-refractivity contribution is 0.102. The fraction of sp³-hybridized carbons (Fsp3) is 0.111. The van der Waals surface area contributed by atoms with Gasteiger partial charge in [0.2, 0.25) is 0 Å². The average Bonchev–Trinajstić information content (AvgIpc) is 3.06. The van der Waals surface area contributed by atoms with Crippen LogP contribution in [0.4, 0.5) is 5.69 Å². The van der Waals surface area contributed by atoms with Crippen LogP contribution < -0.4 is 11.0 Å². The fourth-order valence-corrected chi connectivity index (χ4v) is 2.92. The van der Waals surface area contributed by atoms with E-state index in [9.17, 15) is 9.59 Å². The number of benzene rings is 2. The molecule has 0 atom stereocenters. The Kier molecular flexibility index (Phi) is 3.06. The van der Waals surface area contributed by atoms with Crippen LogP contribution in [-0.4, -0.2) is 20.9 Å². The zero-order valence-corrected chi connectivity index (χ0v) is 13.3. The van der Waals surface area contributed by atoms with Crippen molar-refractivity contribution in [1.29, 1.82) is 0 Å². The van der Waals surface area contributed by atoms with Gasteiger partial charge in [0.1, 0.15) is 0 Å². The quantitative estimate of drug-likeness (QED) is 0.456. The number of H-pyrrole nitrogens is 3. The summed E-state index contributed by atoms with van der Waals surface area (Å²) < 4.78 is 0. The van der Waals surface area contributed by atoms with E-state index in [2.05, 4.69) is 20.3 Å². The molecule has 0 aliphatic heterocycles. The van der Waals surface area contributed by atoms with Gasteiger partial charge in [-0.15, -0.1) is 0 Å². The minimum Gasteiger partial charge on any atom is -0.358 e. The number of anilines is 1. The first-order chi connectivity index (χ1) is 11.5. The van der Waals surface area contributed by atoms with Crippen molar-refractivity contribution in [2.45, 2.75) is 13.8 Å². The molecule has 120 valence electrons. The van der Waals surface area contributed by atoms with Gasteiger partial charge in [-0.05, 0) is 55.8 Å². The number of fused-ring (bicyclic) bond motifs is 2. The summed E-state index contributed by atoms with van der Waals surface area (Å²) in [4.78, 5) is 32.5. The molecule has 0 bridgehead atoms. The highest BCUT2D eigenvalue weighted by Crippen LogP contribution is 2.23. The molecule has 0 fully saturated rings. The maximum atomic E-state index is 12.5. The van der Waals surface area contributed by atoms with E-state index < -0.39 is 0 Å². The Morgan fingerprint density at radius 3 is 2.50 bits per heavy atom. The van der Waals surface area contributed by atoms with Crippen molar-refractivity contribution in [3.05, 3.63) is 63.7 Å². The van der Waals surface area contributed by atoms with Crippen molar-refractivity contribution in [2.24, 2.45) is 0 Å². The molecule has 6 heteroatoms. The van der Waals surface area contributed by atoms with Crippen molar-refractivity contribution in [1.82, 2.24) is 15.0 Å². The van der Waals surface area contributed by atoms with Crippen LogP contribution in [0.3, 0.4) is 0 Å². The molecule has 0 aliphatic rings. The third kappa shape index (κ3) is 2.28. The smallest absolute Gasteiger partial charge is 0.323 e. The second kappa shape index (κ2) is 5.13. The minimum atomic E-state index is -0.266. The van der Waals surface area contributed by atoms with E-state index in [-0.39, 0.29) is 11.6 Å². The van der Waals surface area contributed by atoms with Crippen LogP contribution in [0, 0.1) is 13.8 Å². The number of carbonyl (C=O) groups is 1. The highest BCUT2D eigenvalue weighted by Gasteiger charge is 2.11. The maximum Gasteiger partial charge on any atom is 0.323 e. The van der Waals surface area contributed by atoms with Gasteiger partial charge in [0.15, 0.2) is 0 Å². The van der Waals surface area contributed by atoms with Crippen LogP contribution in [0.5, 0.6) is 0 Å². The first-order valence-corrected chi connectivity index (χ1v) is 7.63. The van der Waals surface area contributed by atoms with Gasteiger partial charge in [0, 0.05) is 27.8 Å². The Labute approximate surface area is 136 Å². The van der Waals surface area contributed by atoms with E-state index >= 15 is 0 Å². The summed E-state index contributed by atoms with van der Waals surface area (Å²) in [7, 11) is 0. The minimum absolute atomic E-state index is 0.188. The summed E-state index contributed by atoms with van der Waals surface area (Å²) in [5.74, 6) is -0.188. The van der Waals surface area contributed by atoms with Crippen molar-refractivity contribution in [2.75, 3.05) is 5.32 Å². The van der Waals surface area contributed by atoms with Crippen molar-refractivity contribution in [3.8, 4) is 0 Å². The van der Waals surface area contributed by atoms with E-state index in [4.69, 9.17) is 0 Å². The van der Waals surface area contributed by atoms with E-state index in [1.54, 1.807) is 24.3 Å². The van der Waals surface area contributed by atoms with Crippen LogP contribution in [0.2, 0.25) is 0 Å². The number of nitrogens with one attached hydrogen (secondary N) is 4. The van der Waals surface area contributed by atoms with Gasteiger partial charge < -0.3 is 20.3 Å². The molecule has 4 rings (SSSR count). The number of aromatic amines is 3. The molecule has 0 saturated carbocycles. The fourth-order valence-electron chi connectivity index (χ4n) is 2.92. The number of aromatic nitrogens is 3. The lowest BCUT2D eigenvalue weighted by Gasteiger charge is -2.06. The summed E-state index contributed by atoms with van der Waals surface area (Å²) in [6.07, 6.45) is 0. The van der Waals surface area contributed by atoms with Crippen LogP contribution in [-0.2, 0) is 0 Å². The van der Waals surface area contributed by atoms with E-state index in [1.165, 1.54) is 0 Å². The topological polar surface area (TPSA) is 93.5 Å². The second-order valence-electron chi connectivity index (χ2n) is 5.93. The predicted octanol–water partition coefficient (Wildman–Crippen LogP) is 3.21. The Morgan fingerprint density at radius 2 is 1.67 bits per heavy atom. The van der Waals surface area contributed by atoms with E-state index in [0.29, 0.717) is 22.3 Å². The third-order valence-electron chi connectivity index (χ3n) is 4.34. The molecular formula is C18H16N4O2. The molecule has 6 nitrogen and oxygen atoms in total. The van der Waals surface area contributed by atoms with Gasteiger partial charge in [-0.3, -0.25) is 4.79 Å². The number of imidazole rings is 1. The second-order valence-corrected chi connectivity index (χ2v) is 5.93. The monoisotopic (exact) mass is 320 g/mol. The Balaban J connectivity index is 1.67. The molecule has 0 aliphatic carbocycles. The zero-order valence-electron chi connectivity index (χ0n) is 13.3. The zero-order chi connectivity index (χ0) is 16.8. The average molecular weight is 320 g/mol. The number of carbonyl (C=O) groups excluding carboxylic acids is 1. The summed E-state index contributed by atoms with van der Waals surface area (Å²) in [5, 5.41) is 3.91. The number of rotatable bonds is 2. The van der Waals surface area contributed by atoms with Crippen molar-refractivity contribution < 1.29 is 4.79 Å². The van der Waals surface area contributed by atoms with Gasteiger partial charge >= 0.3 is 5.69 Å². The lowest BCUT2D eigenvalue weighted by atomic mass is 10.1. The standard InChI is InChI=1S/C18H16N4O2/c1-9-10(2)19-14-5-3-11(7-13(9)14)17(23)20-12-4-6-15-16(8-12)22-18(24)21-15/h3-8,19H,1-2H3,(H,20,23)(H2,21,22,24). The lowest BCUT2D eigenvalue weighted by Crippen LogP contribution is -2.11. The Bertz CT molecular complexity index is 1150. The first-order valence-electron chi connectivity index (χ1n) is 7.63. The molecule has 4 N–H and O–H groups in total. The first kappa shape index (κ1) is 14.3. The van der Waals surface area contributed by atoms with Crippen LogP contribution >= 0.6 is 0 Å². The van der Waals surface area contributed by atoms with Crippen LogP contribution in [0.15, 0.2) is 41.2 Å². The van der Waals surface area contributed by atoms with Gasteiger partial charge in [-0.25, -0.2) is 4.79 Å². The molecule has 0 unspecified atom stereocenters. The normalized spacial score (nSPS) is 11.2. The maximum absolute atomic E-state index is 12.5. The number of hydrogen-bond donors (Lipinski definition) is 4. The predicted molar refractivity (Wildman–Crippen MR) is 94.6 cm³/mol. The van der Waals surface area contributed by atoms with Gasteiger partial charge in [0.05, 0.1) is 11.0 Å². The molecule has 0 radical (unpaired) electrons. The molecule has 1 amide bonds. The Morgan fingerprint density at radius 1 is 0.917 bits per heavy atom. The summed E-state index contributed by atoms with van der Waals surface area (Å²) in [6.45, 7) is 4.05. The van der Waals surface area contributed by atoms with Crippen molar-refractivity contribution >= 4 is 33.5 Å². The summed E-state index contributed by atoms with van der Waals surface area (Å²) in [6, 6.07) is 10.8. The molecule has 2 heterocycles. The molecule has 2 aromatic heterocycles. The van der Waals surface area contributed by atoms with E-state index in [1.807, 2.05) is 26.0 Å². The molecule has 2 aromatic carbocycles. The number of hydrogen-bond acceptors (Lipinski definition) is 2. The Hall–Kier alpha value is -3.28. The number of aryl methyl sites for hydroxylation is 2. The van der Waals surface area contributed by atoms with Gasteiger partial charge in [0.25, 0.3) is 5.91 Å². The van der Waals surface area contributed by atoms with Crippen LogP contribution in [0.25, 0.3) is 21.9 Å². The SMILES string of the molecule is Cc1[nH]c2ccc(C(=O)Nc3ccc4[nH]c(=O)[nH]c4c3)cc2c1C. The van der Waals surface area contributed by atoms with E-state index in [0.717, 1.165) is 22.2 Å². The number of amides is 1. The van der Waals surface area contributed by atoms with Crippen LogP contribution in [0.1, 0.15) is 21.6 Å². The molecule has 4 aromatic rings. The molecular weight excluding hydrogens is 304 g/mol. The summed E-state index contributed by atoms with van der Waals surface area (Å²) in [5.41, 5.74) is 5.58. The highest BCUT2D eigenvalue weighted by atomic mass is 16.2. The largest absolute Gasteiger partial charge is 0.358 e. The van der Waals surface area contributed by atoms with Gasteiger partial charge in [-0.1, -0.05) is 0 Å². The van der Waals surface area contributed by atoms with Gasteiger partial charge in [-0.2, -0.15) is 0 Å². The van der Waals surface area contributed by atoms with Crippen molar-refractivity contribution in [3.63, 3.8) is 0 Å². The molecule has 0 spiro atoms. The molecule has 24 heavy (non-hydrogen) atoms. The molecule has 0 saturated heterocycles.